The number of carbonyl (C=O) groups is 1. The average Bonchev–Trinajstić information content (AvgIpc) is 3.55. The zero-order chi connectivity index (χ0) is 23.4. The lowest BCUT2D eigenvalue weighted by Crippen LogP contribution is -2.59. The highest BCUT2D eigenvalue weighted by atomic mass is 16.5. The van der Waals surface area contributed by atoms with E-state index in [1.807, 2.05) is 31.8 Å². The maximum atomic E-state index is 12.8. The van der Waals surface area contributed by atoms with E-state index in [9.17, 15) is 4.79 Å². The van der Waals surface area contributed by atoms with Crippen LogP contribution in [0.4, 0.5) is 5.95 Å². The molecular weight excluding hydrogens is 432 g/mol. The van der Waals surface area contributed by atoms with Crippen LogP contribution in [-0.4, -0.2) is 61.5 Å². The van der Waals surface area contributed by atoms with Crippen molar-refractivity contribution in [1.82, 2.24) is 34.6 Å². The van der Waals surface area contributed by atoms with Gasteiger partial charge in [-0.3, -0.25) is 9.48 Å². The molecule has 2 unspecified atom stereocenters. The van der Waals surface area contributed by atoms with Gasteiger partial charge < -0.3 is 19.5 Å². The summed E-state index contributed by atoms with van der Waals surface area (Å²) in [4.78, 5) is 29.0. The zero-order valence-corrected chi connectivity index (χ0v) is 19.8. The highest BCUT2D eigenvalue weighted by molar-refractivity contribution is 5.94. The quantitative estimate of drug-likeness (QED) is 0.594. The molecule has 3 aromatic heterocycles. The van der Waals surface area contributed by atoms with Crippen LogP contribution in [0.5, 0.6) is 0 Å². The van der Waals surface area contributed by atoms with Gasteiger partial charge in [0.05, 0.1) is 42.5 Å². The number of imidazole rings is 1. The van der Waals surface area contributed by atoms with Gasteiger partial charge in [0.15, 0.2) is 0 Å². The van der Waals surface area contributed by atoms with E-state index in [1.165, 1.54) is 12.1 Å². The minimum atomic E-state index is -0.129. The minimum Gasteiger partial charge on any atom is -0.381 e. The number of amides is 1. The first-order chi connectivity index (χ1) is 16.5. The number of aryl methyl sites for hydroxylation is 2. The number of nitrogens with zero attached hydrogens (tertiary/aromatic N) is 7. The van der Waals surface area contributed by atoms with Gasteiger partial charge in [0.2, 0.25) is 5.95 Å². The van der Waals surface area contributed by atoms with Gasteiger partial charge in [0.1, 0.15) is 0 Å². The second-order valence-electron chi connectivity index (χ2n) is 9.82. The second-order valence-corrected chi connectivity index (χ2v) is 9.82. The lowest BCUT2D eigenvalue weighted by molar-refractivity contribution is -0.0818. The van der Waals surface area contributed by atoms with Crippen molar-refractivity contribution in [2.24, 2.45) is 18.9 Å². The third-order valence-electron chi connectivity index (χ3n) is 7.69. The monoisotopic (exact) mass is 462 g/mol. The molecular formula is C24H30N8O2. The van der Waals surface area contributed by atoms with Crippen LogP contribution in [0.1, 0.15) is 51.9 Å². The first-order valence-electron chi connectivity index (χ1n) is 11.9. The van der Waals surface area contributed by atoms with Gasteiger partial charge in [0.25, 0.3) is 5.91 Å². The van der Waals surface area contributed by atoms with Gasteiger partial charge in [-0.1, -0.05) is 0 Å². The summed E-state index contributed by atoms with van der Waals surface area (Å²) >= 11 is 0. The van der Waals surface area contributed by atoms with Crippen LogP contribution in [0.2, 0.25) is 0 Å². The van der Waals surface area contributed by atoms with Crippen molar-refractivity contribution in [1.29, 1.82) is 0 Å². The molecule has 3 aromatic rings. The topological polar surface area (TPSA) is 103 Å². The number of piperidine rings is 2. The molecule has 10 nitrogen and oxygen atoms in total. The third kappa shape index (κ3) is 3.56. The molecule has 3 fully saturated rings. The normalized spacial score (nSPS) is 25.2. The van der Waals surface area contributed by atoms with Crippen molar-refractivity contribution in [3.63, 3.8) is 0 Å². The van der Waals surface area contributed by atoms with Gasteiger partial charge in [-0.25, -0.2) is 15.0 Å². The molecule has 7 rings (SSSR count). The fourth-order valence-corrected chi connectivity index (χ4v) is 5.79. The van der Waals surface area contributed by atoms with E-state index >= 15 is 0 Å². The number of nitrogens with one attached hydrogen (secondary N) is 1. The molecule has 0 aromatic carbocycles. The van der Waals surface area contributed by atoms with Crippen LogP contribution < -0.4 is 10.2 Å². The van der Waals surface area contributed by atoms with Crippen LogP contribution in [0.25, 0.3) is 0 Å². The first kappa shape index (κ1) is 21.3. The van der Waals surface area contributed by atoms with E-state index in [1.54, 1.807) is 23.4 Å². The van der Waals surface area contributed by atoms with Crippen LogP contribution >= 0.6 is 0 Å². The number of fused-ring (bicyclic) bond motifs is 3. The Labute approximate surface area is 198 Å². The molecule has 0 radical (unpaired) electrons. The molecule has 5 heterocycles. The summed E-state index contributed by atoms with van der Waals surface area (Å²) in [7, 11) is 3.80. The number of hydrogen-bond acceptors (Lipinski definition) is 7. The first-order valence-corrected chi connectivity index (χ1v) is 11.9. The van der Waals surface area contributed by atoms with E-state index in [0.29, 0.717) is 30.0 Å². The molecule has 3 atom stereocenters. The van der Waals surface area contributed by atoms with Gasteiger partial charge in [0, 0.05) is 68.4 Å². The minimum absolute atomic E-state index is 0.0461. The fraction of sp³-hybridized carbons (Fsp3) is 0.542. The molecule has 4 aliphatic rings. The van der Waals surface area contributed by atoms with Crippen molar-refractivity contribution in [2.45, 2.75) is 44.9 Å². The second kappa shape index (κ2) is 8.19. The predicted molar refractivity (Wildman–Crippen MR) is 124 cm³/mol. The largest absolute Gasteiger partial charge is 0.381 e. The van der Waals surface area contributed by atoms with Gasteiger partial charge in [-0.15, -0.1) is 0 Å². The van der Waals surface area contributed by atoms with E-state index in [2.05, 4.69) is 25.3 Å². The Bertz CT molecular complexity index is 1220. The van der Waals surface area contributed by atoms with Gasteiger partial charge in [-0.05, 0) is 26.2 Å². The van der Waals surface area contributed by atoms with Gasteiger partial charge >= 0.3 is 0 Å². The summed E-state index contributed by atoms with van der Waals surface area (Å²) in [6, 6.07) is -0.0461. The molecule has 0 spiro atoms. The number of rotatable bonds is 6. The average molecular weight is 463 g/mol. The number of aromatic nitrogens is 6. The molecule has 178 valence electrons. The SMILES string of the molecule is COC1C2CC1CN(c1ncc(Cn3cc(C(=O)N[C@@H]4CCc5c4ncn5C)cn3)c(C)n1)C2. The lowest BCUT2D eigenvalue weighted by atomic mass is 9.68. The maximum absolute atomic E-state index is 12.8. The summed E-state index contributed by atoms with van der Waals surface area (Å²) in [6.45, 7) is 4.42. The van der Waals surface area contributed by atoms with Crippen LogP contribution in [0.3, 0.4) is 0 Å². The number of hydrogen-bond donors (Lipinski definition) is 1. The molecule has 2 aliphatic carbocycles. The summed E-state index contributed by atoms with van der Waals surface area (Å²) in [5, 5.41) is 7.50. The molecule has 2 aliphatic heterocycles. The molecule has 1 amide bonds. The molecule has 2 bridgehead atoms. The number of methoxy groups -OCH3 is 1. The fourth-order valence-electron chi connectivity index (χ4n) is 5.79. The Balaban J connectivity index is 1.09. The Morgan fingerprint density at radius 1 is 1.24 bits per heavy atom. The van der Waals surface area contributed by atoms with E-state index < -0.39 is 0 Å². The Morgan fingerprint density at radius 3 is 2.82 bits per heavy atom. The number of carbonyl (C=O) groups excluding carboxylic acids is 1. The van der Waals surface area contributed by atoms with Crippen molar-refractivity contribution >= 4 is 11.9 Å². The lowest BCUT2D eigenvalue weighted by Gasteiger charge is -2.52. The molecule has 1 saturated carbocycles. The van der Waals surface area contributed by atoms with Crippen LogP contribution in [-0.2, 0) is 24.8 Å². The summed E-state index contributed by atoms with van der Waals surface area (Å²) in [5.74, 6) is 1.82. The third-order valence-corrected chi connectivity index (χ3v) is 7.69. The van der Waals surface area contributed by atoms with Crippen LogP contribution in [0.15, 0.2) is 24.9 Å². The molecule has 34 heavy (non-hydrogen) atoms. The van der Waals surface area contributed by atoms with Crippen molar-refractivity contribution in [3.05, 3.63) is 53.1 Å². The molecule has 10 heteroatoms. The van der Waals surface area contributed by atoms with Crippen LogP contribution in [0, 0.1) is 18.8 Å². The van der Waals surface area contributed by atoms with Crippen molar-refractivity contribution < 1.29 is 9.53 Å². The number of anilines is 1. The molecule has 1 N–H and O–H groups in total. The highest BCUT2D eigenvalue weighted by Gasteiger charge is 2.47. The maximum Gasteiger partial charge on any atom is 0.255 e. The summed E-state index contributed by atoms with van der Waals surface area (Å²) < 4.78 is 9.40. The zero-order valence-electron chi connectivity index (χ0n) is 19.8. The Morgan fingerprint density at radius 2 is 2.06 bits per heavy atom. The summed E-state index contributed by atoms with van der Waals surface area (Å²) in [6.07, 6.45) is 10.5. The Hall–Kier alpha value is -3.27. The van der Waals surface area contributed by atoms with Gasteiger partial charge in [-0.2, -0.15) is 5.10 Å². The number of ether oxygens (including phenoxy) is 1. The molecule has 2 saturated heterocycles. The van der Waals surface area contributed by atoms with Crippen molar-refractivity contribution in [2.75, 3.05) is 25.1 Å². The standard InChI is InChI=1S/C24H30N8O2/c1-14-17(7-25-24(28-14)31-9-15-6-16(10-31)22(15)34-3)11-32-12-18(8-27-32)23(33)29-19-4-5-20-21(19)26-13-30(20)2/h7-8,12-13,15-16,19,22H,4-6,9-11H2,1-3H3,(H,29,33)/t15?,16?,19-,22?/m1/s1. The van der Waals surface area contributed by atoms with E-state index in [0.717, 1.165) is 48.8 Å². The Kier molecular flexibility index (Phi) is 5.13. The smallest absolute Gasteiger partial charge is 0.255 e. The van der Waals surface area contributed by atoms with Crippen molar-refractivity contribution in [3.8, 4) is 0 Å². The highest BCUT2D eigenvalue weighted by Crippen LogP contribution is 2.42. The summed E-state index contributed by atoms with van der Waals surface area (Å²) in [5.41, 5.74) is 4.63. The van der Waals surface area contributed by atoms with E-state index in [4.69, 9.17) is 9.72 Å². The predicted octanol–water partition coefficient (Wildman–Crippen LogP) is 1.65. The van der Waals surface area contributed by atoms with E-state index in [-0.39, 0.29) is 11.9 Å².